The van der Waals surface area contributed by atoms with Gasteiger partial charge in [0.25, 0.3) is 0 Å². The van der Waals surface area contributed by atoms with Crippen LogP contribution in [-0.4, -0.2) is 61.2 Å². The first-order valence-corrected chi connectivity index (χ1v) is 6.62. The predicted molar refractivity (Wildman–Crippen MR) is 68.7 cm³/mol. The van der Waals surface area contributed by atoms with E-state index in [2.05, 4.69) is 11.9 Å². The van der Waals surface area contributed by atoms with Crippen molar-refractivity contribution in [2.24, 2.45) is 11.8 Å². The highest BCUT2D eigenvalue weighted by atomic mass is 16.3. The molecule has 1 atom stereocenters. The maximum Gasteiger partial charge on any atom is 0.227 e. The number of nitrogens with zero attached hydrogens (tertiary/aromatic N) is 2. The van der Waals surface area contributed by atoms with Gasteiger partial charge in [-0.3, -0.25) is 4.79 Å². The molecule has 1 aliphatic heterocycles. The summed E-state index contributed by atoms with van der Waals surface area (Å²) in [6.07, 6.45) is 3.06. The van der Waals surface area contributed by atoms with Gasteiger partial charge in [-0.05, 0) is 45.3 Å². The molecule has 4 heteroatoms. The molecule has 1 fully saturated rings. The van der Waals surface area contributed by atoms with Gasteiger partial charge in [-0.1, -0.05) is 6.92 Å². The molecule has 1 heterocycles. The van der Waals surface area contributed by atoms with E-state index in [9.17, 15) is 4.79 Å². The second-order valence-electron chi connectivity index (χ2n) is 5.25. The summed E-state index contributed by atoms with van der Waals surface area (Å²) in [6.45, 7) is 5.01. The maximum absolute atomic E-state index is 12.0. The summed E-state index contributed by atoms with van der Waals surface area (Å²) in [5.74, 6) is 0.497. The quantitative estimate of drug-likeness (QED) is 0.776. The molecule has 0 aromatic heterocycles. The number of hydrogen-bond acceptors (Lipinski definition) is 3. The predicted octanol–water partition coefficient (Wildman–Crippen LogP) is 0.805. The van der Waals surface area contributed by atoms with Crippen molar-refractivity contribution in [1.29, 1.82) is 0 Å². The molecule has 0 spiro atoms. The molecule has 1 aliphatic rings. The molecule has 1 unspecified atom stereocenters. The van der Waals surface area contributed by atoms with E-state index < -0.39 is 0 Å². The lowest BCUT2D eigenvalue weighted by atomic mass is 9.96. The number of piperidine rings is 1. The zero-order chi connectivity index (χ0) is 12.8. The average molecular weight is 242 g/mol. The summed E-state index contributed by atoms with van der Waals surface area (Å²) in [5, 5.41) is 9.13. The lowest BCUT2D eigenvalue weighted by Crippen LogP contribution is -2.40. The van der Waals surface area contributed by atoms with Crippen LogP contribution in [0.3, 0.4) is 0 Å². The number of aliphatic hydroxyl groups is 1. The van der Waals surface area contributed by atoms with Crippen molar-refractivity contribution in [3.63, 3.8) is 0 Å². The maximum atomic E-state index is 12.0. The zero-order valence-electron chi connectivity index (χ0n) is 11.4. The van der Waals surface area contributed by atoms with Crippen molar-refractivity contribution >= 4 is 5.91 Å². The topological polar surface area (TPSA) is 43.8 Å². The highest BCUT2D eigenvalue weighted by Gasteiger charge is 2.23. The van der Waals surface area contributed by atoms with Crippen LogP contribution in [0.4, 0.5) is 0 Å². The molecular weight excluding hydrogens is 216 g/mol. The Kier molecular flexibility index (Phi) is 5.92. The van der Waals surface area contributed by atoms with Crippen molar-refractivity contribution in [3.8, 4) is 0 Å². The van der Waals surface area contributed by atoms with Crippen LogP contribution in [0.5, 0.6) is 0 Å². The molecule has 1 amide bonds. The van der Waals surface area contributed by atoms with Gasteiger partial charge in [0.05, 0.1) is 12.5 Å². The monoisotopic (exact) mass is 242 g/mol. The van der Waals surface area contributed by atoms with Crippen LogP contribution in [0.2, 0.25) is 0 Å². The minimum Gasteiger partial charge on any atom is -0.396 e. The first-order chi connectivity index (χ1) is 8.08. The second kappa shape index (κ2) is 6.97. The number of amides is 1. The largest absolute Gasteiger partial charge is 0.396 e. The molecule has 0 aliphatic carbocycles. The van der Waals surface area contributed by atoms with E-state index in [1.54, 1.807) is 4.90 Å². The summed E-state index contributed by atoms with van der Waals surface area (Å²) in [7, 11) is 4.00. The number of carbonyl (C=O) groups is 1. The van der Waals surface area contributed by atoms with Crippen LogP contribution in [0, 0.1) is 11.8 Å². The van der Waals surface area contributed by atoms with E-state index in [0.29, 0.717) is 12.3 Å². The number of carbonyl (C=O) groups excluding carboxylic acids is 1. The number of hydrogen-bond donors (Lipinski definition) is 1. The van der Waals surface area contributed by atoms with Crippen molar-refractivity contribution in [2.45, 2.75) is 26.2 Å². The van der Waals surface area contributed by atoms with Crippen LogP contribution < -0.4 is 0 Å². The van der Waals surface area contributed by atoms with Gasteiger partial charge in [0.1, 0.15) is 0 Å². The molecule has 0 saturated carbocycles. The summed E-state index contributed by atoms with van der Waals surface area (Å²) < 4.78 is 0. The van der Waals surface area contributed by atoms with E-state index in [1.165, 1.54) is 12.8 Å². The summed E-state index contributed by atoms with van der Waals surface area (Å²) in [6, 6.07) is 0. The number of aliphatic hydroxyl groups excluding tert-OH is 1. The molecular formula is C13H26N2O2. The Morgan fingerprint density at radius 3 is 2.53 bits per heavy atom. The Bertz CT molecular complexity index is 234. The number of rotatable bonds is 5. The van der Waals surface area contributed by atoms with Gasteiger partial charge in [-0.15, -0.1) is 0 Å². The van der Waals surface area contributed by atoms with Gasteiger partial charge in [0.15, 0.2) is 0 Å². The molecule has 0 aromatic carbocycles. The molecule has 0 radical (unpaired) electrons. The van der Waals surface area contributed by atoms with Crippen LogP contribution in [0.1, 0.15) is 26.2 Å². The highest BCUT2D eigenvalue weighted by molar-refractivity contribution is 5.78. The summed E-state index contributed by atoms with van der Waals surface area (Å²) >= 11 is 0. The first kappa shape index (κ1) is 14.5. The third kappa shape index (κ3) is 4.28. The third-order valence-electron chi connectivity index (χ3n) is 3.81. The van der Waals surface area contributed by atoms with E-state index in [1.807, 2.05) is 14.0 Å². The SMILES string of the molecule is CCC(CO)C(=O)N(C)CC1CCN(C)CC1. The van der Waals surface area contributed by atoms with Crippen LogP contribution >= 0.6 is 0 Å². The van der Waals surface area contributed by atoms with Crippen LogP contribution in [-0.2, 0) is 4.79 Å². The standard InChI is InChI=1S/C13H26N2O2/c1-4-12(10-16)13(17)15(3)9-11-5-7-14(2)8-6-11/h11-12,16H,4-10H2,1-3H3. The van der Waals surface area contributed by atoms with Crippen LogP contribution in [0.25, 0.3) is 0 Å². The fourth-order valence-electron chi connectivity index (χ4n) is 2.42. The van der Waals surface area contributed by atoms with Gasteiger partial charge < -0.3 is 14.9 Å². The molecule has 4 nitrogen and oxygen atoms in total. The Morgan fingerprint density at radius 1 is 1.47 bits per heavy atom. The summed E-state index contributed by atoms with van der Waals surface area (Å²) in [5.41, 5.74) is 0. The minimum atomic E-state index is -0.216. The Balaban J connectivity index is 2.37. The van der Waals surface area contributed by atoms with Crippen molar-refractivity contribution in [3.05, 3.63) is 0 Å². The fourth-order valence-corrected chi connectivity index (χ4v) is 2.42. The van der Waals surface area contributed by atoms with E-state index in [4.69, 9.17) is 5.11 Å². The average Bonchev–Trinajstić information content (AvgIpc) is 2.33. The lowest BCUT2D eigenvalue weighted by Gasteiger charge is -2.32. The first-order valence-electron chi connectivity index (χ1n) is 6.62. The van der Waals surface area contributed by atoms with Crippen LogP contribution in [0.15, 0.2) is 0 Å². The molecule has 1 N–H and O–H groups in total. The van der Waals surface area contributed by atoms with E-state index in [0.717, 1.165) is 19.6 Å². The lowest BCUT2D eigenvalue weighted by molar-refractivity contribution is -0.136. The number of likely N-dealkylation sites (tertiary alicyclic amines) is 1. The minimum absolute atomic E-state index is 0.0346. The van der Waals surface area contributed by atoms with Gasteiger partial charge >= 0.3 is 0 Å². The second-order valence-corrected chi connectivity index (χ2v) is 5.25. The van der Waals surface area contributed by atoms with Crippen molar-refractivity contribution in [1.82, 2.24) is 9.80 Å². The molecule has 100 valence electrons. The molecule has 0 bridgehead atoms. The van der Waals surface area contributed by atoms with Gasteiger partial charge in [-0.25, -0.2) is 0 Å². The highest BCUT2D eigenvalue weighted by Crippen LogP contribution is 2.18. The van der Waals surface area contributed by atoms with E-state index in [-0.39, 0.29) is 18.4 Å². The summed E-state index contributed by atoms with van der Waals surface area (Å²) in [4.78, 5) is 16.1. The third-order valence-corrected chi connectivity index (χ3v) is 3.81. The Labute approximate surface area is 105 Å². The Morgan fingerprint density at radius 2 is 2.06 bits per heavy atom. The molecule has 17 heavy (non-hydrogen) atoms. The van der Waals surface area contributed by atoms with Crippen molar-refractivity contribution < 1.29 is 9.90 Å². The molecule has 0 aromatic rings. The zero-order valence-corrected chi connectivity index (χ0v) is 11.4. The van der Waals surface area contributed by atoms with E-state index >= 15 is 0 Å². The molecule has 1 rings (SSSR count). The fraction of sp³-hybridized carbons (Fsp3) is 0.923. The smallest absolute Gasteiger partial charge is 0.227 e. The van der Waals surface area contributed by atoms with Crippen molar-refractivity contribution in [2.75, 3.05) is 40.3 Å². The van der Waals surface area contributed by atoms with Gasteiger partial charge in [0.2, 0.25) is 5.91 Å². The normalized spacial score (nSPS) is 20.2. The van der Waals surface area contributed by atoms with Gasteiger partial charge in [-0.2, -0.15) is 0 Å². The Hall–Kier alpha value is -0.610. The van der Waals surface area contributed by atoms with Gasteiger partial charge in [0, 0.05) is 13.6 Å². The molecule has 1 saturated heterocycles.